The maximum atomic E-state index is 12.5. The second kappa shape index (κ2) is 6.04. The molecule has 0 aliphatic heterocycles. The fraction of sp³-hybridized carbons (Fsp3) is 0.214. The third-order valence-corrected chi connectivity index (χ3v) is 5.63. The average Bonchev–Trinajstić information content (AvgIpc) is 2.38. The van der Waals surface area contributed by atoms with Crippen LogP contribution in [0.2, 0.25) is 5.02 Å². The number of aromatic nitrogens is 1. The van der Waals surface area contributed by atoms with Gasteiger partial charge in [-0.2, -0.15) is 0 Å². The SMILES string of the molecule is CC(C)(NS(=O)(=O)c1cnccc1Cl)c1ccc(Br)cc1. The smallest absolute Gasteiger partial charge is 0.244 e. The highest BCUT2D eigenvalue weighted by molar-refractivity contribution is 9.10. The Balaban J connectivity index is 2.35. The summed E-state index contributed by atoms with van der Waals surface area (Å²) in [6.45, 7) is 3.58. The summed E-state index contributed by atoms with van der Waals surface area (Å²) in [4.78, 5) is 3.79. The topological polar surface area (TPSA) is 59.1 Å². The molecule has 0 spiro atoms. The molecule has 2 aromatic rings. The van der Waals surface area contributed by atoms with Crippen LogP contribution in [0.1, 0.15) is 19.4 Å². The van der Waals surface area contributed by atoms with Crippen molar-refractivity contribution in [2.45, 2.75) is 24.3 Å². The van der Waals surface area contributed by atoms with Gasteiger partial charge in [-0.1, -0.05) is 39.7 Å². The van der Waals surface area contributed by atoms with Crippen LogP contribution < -0.4 is 4.72 Å². The molecule has 4 nitrogen and oxygen atoms in total. The minimum absolute atomic E-state index is 0.0307. The maximum Gasteiger partial charge on any atom is 0.244 e. The molecule has 0 radical (unpaired) electrons. The van der Waals surface area contributed by atoms with E-state index >= 15 is 0 Å². The van der Waals surface area contributed by atoms with Crippen LogP contribution in [0.4, 0.5) is 0 Å². The summed E-state index contributed by atoms with van der Waals surface area (Å²) in [5.41, 5.74) is 0.0629. The standard InChI is InChI=1S/C14H14BrClN2O2S/c1-14(2,10-3-5-11(15)6-4-10)18-21(19,20)13-9-17-8-7-12(13)16/h3-9,18H,1-2H3. The summed E-state index contributed by atoms with van der Waals surface area (Å²) in [6, 6.07) is 8.89. The van der Waals surface area contributed by atoms with Gasteiger partial charge in [0.15, 0.2) is 0 Å². The molecule has 0 atom stereocenters. The van der Waals surface area contributed by atoms with E-state index < -0.39 is 15.6 Å². The Bertz CT molecular complexity index is 746. The summed E-state index contributed by atoms with van der Waals surface area (Å²) in [6.07, 6.45) is 2.68. The minimum atomic E-state index is -3.76. The number of pyridine rings is 1. The third kappa shape index (κ3) is 3.83. The lowest BCUT2D eigenvalue weighted by atomic mass is 9.96. The highest BCUT2D eigenvalue weighted by Gasteiger charge is 2.29. The molecular formula is C14H14BrClN2O2S. The van der Waals surface area contributed by atoms with Crippen LogP contribution in [0.15, 0.2) is 52.1 Å². The Kier molecular flexibility index (Phi) is 4.72. The van der Waals surface area contributed by atoms with E-state index in [2.05, 4.69) is 25.6 Å². The molecule has 1 heterocycles. The zero-order valence-electron chi connectivity index (χ0n) is 11.5. The van der Waals surface area contributed by atoms with Crippen molar-refractivity contribution < 1.29 is 8.42 Å². The van der Waals surface area contributed by atoms with E-state index in [1.165, 1.54) is 18.5 Å². The largest absolute Gasteiger partial charge is 0.263 e. The number of halogens is 2. The molecule has 1 aromatic heterocycles. The number of sulfonamides is 1. The molecule has 0 fully saturated rings. The van der Waals surface area contributed by atoms with Crippen LogP contribution in [0.3, 0.4) is 0 Å². The van der Waals surface area contributed by atoms with Gasteiger partial charge in [-0.25, -0.2) is 13.1 Å². The van der Waals surface area contributed by atoms with E-state index in [4.69, 9.17) is 11.6 Å². The highest BCUT2D eigenvalue weighted by Crippen LogP contribution is 2.26. The molecule has 0 amide bonds. The van der Waals surface area contributed by atoms with E-state index in [1.54, 1.807) is 13.8 Å². The zero-order valence-corrected chi connectivity index (χ0v) is 14.6. The molecule has 1 N–H and O–H groups in total. The number of hydrogen-bond donors (Lipinski definition) is 1. The Morgan fingerprint density at radius 3 is 2.38 bits per heavy atom. The van der Waals surface area contributed by atoms with Crippen molar-refractivity contribution in [2.24, 2.45) is 0 Å². The van der Waals surface area contributed by atoms with Gasteiger partial charge < -0.3 is 0 Å². The fourth-order valence-electron chi connectivity index (χ4n) is 1.88. The van der Waals surface area contributed by atoms with Crippen LogP contribution >= 0.6 is 27.5 Å². The Morgan fingerprint density at radius 1 is 1.19 bits per heavy atom. The predicted molar refractivity (Wildman–Crippen MR) is 86.7 cm³/mol. The van der Waals surface area contributed by atoms with E-state index in [0.29, 0.717) is 0 Å². The molecule has 0 saturated heterocycles. The molecule has 7 heteroatoms. The Hall–Kier alpha value is -0.950. The Morgan fingerprint density at radius 2 is 1.81 bits per heavy atom. The van der Waals surface area contributed by atoms with Gasteiger partial charge in [-0.3, -0.25) is 4.98 Å². The zero-order chi connectivity index (χ0) is 15.7. The second-order valence-electron chi connectivity index (χ2n) is 5.04. The summed E-state index contributed by atoms with van der Waals surface area (Å²) < 4.78 is 28.5. The normalized spacial score (nSPS) is 12.4. The first-order chi connectivity index (χ1) is 9.72. The first-order valence-electron chi connectivity index (χ1n) is 6.12. The first kappa shape index (κ1) is 16.4. The molecule has 0 saturated carbocycles. The lowest BCUT2D eigenvalue weighted by Crippen LogP contribution is -2.41. The number of hydrogen-bond acceptors (Lipinski definition) is 3. The van der Waals surface area contributed by atoms with Gasteiger partial charge >= 0.3 is 0 Å². The Labute approximate surface area is 137 Å². The molecular weight excluding hydrogens is 376 g/mol. The average molecular weight is 390 g/mol. The van der Waals surface area contributed by atoms with E-state index in [0.717, 1.165) is 10.0 Å². The van der Waals surface area contributed by atoms with Crippen molar-refractivity contribution >= 4 is 37.6 Å². The molecule has 1 aromatic carbocycles. The van der Waals surface area contributed by atoms with Gasteiger partial charge in [0, 0.05) is 16.9 Å². The van der Waals surface area contributed by atoms with Crippen molar-refractivity contribution in [3.05, 3.63) is 57.8 Å². The van der Waals surface area contributed by atoms with Crippen LogP contribution in [0.25, 0.3) is 0 Å². The number of nitrogens with zero attached hydrogens (tertiary/aromatic N) is 1. The molecule has 21 heavy (non-hydrogen) atoms. The predicted octanol–water partition coefficient (Wildman–Crippen LogP) is 3.71. The fourth-order valence-corrected chi connectivity index (χ4v) is 3.98. The lowest BCUT2D eigenvalue weighted by molar-refractivity contribution is 0.472. The lowest BCUT2D eigenvalue weighted by Gasteiger charge is -2.26. The molecule has 0 aliphatic rings. The van der Waals surface area contributed by atoms with Gasteiger partial charge in [-0.15, -0.1) is 0 Å². The highest BCUT2D eigenvalue weighted by atomic mass is 79.9. The van der Waals surface area contributed by atoms with Gasteiger partial charge in [-0.05, 0) is 37.6 Å². The molecule has 0 bridgehead atoms. The van der Waals surface area contributed by atoms with Crippen molar-refractivity contribution in [1.82, 2.24) is 9.71 Å². The molecule has 112 valence electrons. The summed E-state index contributed by atoms with van der Waals surface area (Å²) >= 11 is 9.29. The van der Waals surface area contributed by atoms with Crippen molar-refractivity contribution in [3.63, 3.8) is 0 Å². The maximum absolute atomic E-state index is 12.5. The summed E-state index contributed by atoms with van der Waals surface area (Å²) in [5, 5.41) is 0.143. The second-order valence-corrected chi connectivity index (χ2v) is 8.02. The first-order valence-corrected chi connectivity index (χ1v) is 8.77. The number of rotatable bonds is 4. The van der Waals surface area contributed by atoms with Crippen LogP contribution in [-0.2, 0) is 15.6 Å². The minimum Gasteiger partial charge on any atom is -0.263 e. The van der Waals surface area contributed by atoms with Crippen molar-refractivity contribution in [3.8, 4) is 0 Å². The quantitative estimate of drug-likeness (QED) is 0.867. The van der Waals surface area contributed by atoms with Gasteiger partial charge in [0.05, 0.1) is 10.6 Å². The molecule has 0 aliphatic carbocycles. The van der Waals surface area contributed by atoms with Crippen molar-refractivity contribution in [1.29, 1.82) is 0 Å². The van der Waals surface area contributed by atoms with E-state index in [9.17, 15) is 8.42 Å². The monoisotopic (exact) mass is 388 g/mol. The van der Waals surface area contributed by atoms with E-state index in [1.807, 2.05) is 24.3 Å². The van der Waals surface area contributed by atoms with E-state index in [-0.39, 0.29) is 9.92 Å². The van der Waals surface area contributed by atoms with Gasteiger partial charge in [0.25, 0.3) is 0 Å². The van der Waals surface area contributed by atoms with Crippen LogP contribution in [0.5, 0.6) is 0 Å². The van der Waals surface area contributed by atoms with Crippen molar-refractivity contribution in [2.75, 3.05) is 0 Å². The summed E-state index contributed by atoms with van der Waals surface area (Å²) in [5.74, 6) is 0. The van der Waals surface area contributed by atoms with Gasteiger partial charge in [0.2, 0.25) is 10.0 Å². The summed E-state index contributed by atoms with van der Waals surface area (Å²) in [7, 11) is -3.76. The molecule has 2 rings (SSSR count). The van der Waals surface area contributed by atoms with Crippen LogP contribution in [0, 0.1) is 0 Å². The third-order valence-electron chi connectivity index (χ3n) is 2.98. The van der Waals surface area contributed by atoms with Crippen LogP contribution in [-0.4, -0.2) is 13.4 Å². The number of benzene rings is 1. The molecule has 0 unspecified atom stereocenters. The van der Waals surface area contributed by atoms with Gasteiger partial charge in [0.1, 0.15) is 4.90 Å². The number of nitrogens with one attached hydrogen (secondary N) is 1.